The summed E-state index contributed by atoms with van der Waals surface area (Å²) in [5, 5.41) is 3.50. The van der Waals surface area contributed by atoms with Gasteiger partial charge in [0.2, 0.25) is 15.9 Å². The Balaban J connectivity index is 1.75. The number of halogens is 2. The number of sulfonamides is 1. The van der Waals surface area contributed by atoms with E-state index in [0.29, 0.717) is 24.4 Å². The van der Waals surface area contributed by atoms with Crippen LogP contribution in [0.25, 0.3) is 0 Å². The number of benzene rings is 2. The smallest absolute Gasteiger partial charge is 0.244 e. The molecule has 5 nitrogen and oxygen atoms in total. The zero-order valence-corrected chi connectivity index (χ0v) is 20.5. The number of aryl methyl sites for hydroxylation is 3. The molecule has 168 valence electrons. The van der Waals surface area contributed by atoms with Crippen LogP contribution in [0.3, 0.4) is 0 Å². The first-order valence-electron chi connectivity index (χ1n) is 10.3. The fourth-order valence-corrected chi connectivity index (χ4v) is 6.31. The molecule has 1 N–H and O–H groups in total. The third-order valence-electron chi connectivity index (χ3n) is 5.97. The third kappa shape index (κ3) is 5.25. The molecule has 2 atom stereocenters. The fraction of sp³-hybridized carbons (Fsp3) is 0.435. The number of nitrogens with zero attached hydrogens (tertiary/aromatic N) is 1. The summed E-state index contributed by atoms with van der Waals surface area (Å²) in [4.78, 5) is 13.0. The van der Waals surface area contributed by atoms with Crippen LogP contribution < -0.4 is 5.32 Å². The summed E-state index contributed by atoms with van der Waals surface area (Å²) >= 11 is 12.1. The predicted octanol–water partition coefficient (Wildman–Crippen LogP) is 5.20. The highest BCUT2D eigenvalue weighted by Crippen LogP contribution is 2.31. The van der Waals surface area contributed by atoms with Crippen LogP contribution in [0.4, 0.5) is 0 Å². The van der Waals surface area contributed by atoms with E-state index in [-0.39, 0.29) is 28.4 Å². The zero-order chi connectivity index (χ0) is 22.9. The molecular weight excluding hydrogens is 455 g/mol. The molecular formula is C23H28Cl2N2O3S. The monoisotopic (exact) mass is 482 g/mol. The van der Waals surface area contributed by atoms with Crippen molar-refractivity contribution in [3.05, 3.63) is 62.6 Å². The highest BCUT2D eigenvalue weighted by Gasteiger charge is 2.35. The molecule has 31 heavy (non-hydrogen) atoms. The molecule has 0 bridgehead atoms. The van der Waals surface area contributed by atoms with E-state index in [1.807, 2.05) is 13.8 Å². The quantitative estimate of drug-likeness (QED) is 0.636. The Kier molecular flexibility index (Phi) is 7.36. The SMILES string of the molecule is Cc1cc(C)c([C@@H](C)NC(=O)[C@@H]2CCCN(S(=O)(=O)c3cc(Cl)ccc3Cl)C2)cc1C. The van der Waals surface area contributed by atoms with Gasteiger partial charge < -0.3 is 5.32 Å². The molecule has 8 heteroatoms. The molecule has 1 amide bonds. The first-order chi connectivity index (χ1) is 14.5. The summed E-state index contributed by atoms with van der Waals surface area (Å²) in [6, 6.07) is 8.43. The standard InChI is InChI=1S/C23H28Cl2N2O3S/c1-14-10-16(3)20(11-15(14)2)17(4)26-23(28)18-6-5-9-27(13-18)31(29,30)22-12-19(24)7-8-21(22)25/h7-8,10-12,17-18H,5-6,9,13H2,1-4H3,(H,26,28)/t17-,18-/m1/s1. The summed E-state index contributed by atoms with van der Waals surface area (Å²) in [7, 11) is -3.84. The number of amides is 1. The molecule has 0 radical (unpaired) electrons. The summed E-state index contributed by atoms with van der Waals surface area (Å²) in [6.07, 6.45) is 1.24. The highest BCUT2D eigenvalue weighted by atomic mass is 35.5. The van der Waals surface area contributed by atoms with Crippen molar-refractivity contribution in [1.29, 1.82) is 0 Å². The van der Waals surface area contributed by atoms with Gasteiger partial charge in [-0.25, -0.2) is 8.42 Å². The lowest BCUT2D eigenvalue weighted by atomic mass is 9.95. The van der Waals surface area contributed by atoms with Gasteiger partial charge in [0.1, 0.15) is 4.90 Å². The van der Waals surface area contributed by atoms with Gasteiger partial charge in [0.15, 0.2) is 0 Å². The lowest BCUT2D eigenvalue weighted by Gasteiger charge is -2.32. The van der Waals surface area contributed by atoms with E-state index in [1.165, 1.54) is 27.6 Å². The topological polar surface area (TPSA) is 66.5 Å². The number of nitrogens with one attached hydrogen (secondary N) is 1. The zero-order valence-electron chi connectivity index (χ0n) is 18.2. The van der Waals surface area contributed by atoms with Crippen LogP contribution >= 0.6 is 23.2 Å². The van der Waals surface area contributed by atoms with Crippen LogP contribution in [0.1, 0.15) is 48.1 Å². The average Bonchev–Trinajstić information content (AvgIpc) is 2.72. The molecule has 0 saturated carbocycles. The number of hydrogen-bond donors (Lipinski definition) is 1. The second kappa shape index (κ2) is 9.49. The molecule has 0 aliphatic carbocycles. The molecule has 1 fully saturated rings. The number of hydrogen-bond acceptors (Lipinski definition) is 3. The molecule has 1 heterocycles. The second-order valence-corrected chi connectivity index (χ2v) is 11.1. The van der Waals surface area contributed by atoms with Crippen LogP contribution in [0.5, 0.6) is 0 Å². The second-order valence-electron chi connectivity index (χ2n) is 8.30. The van der Waals surface area contributed by atoms with Crippen molar-refractivity contribution in [2.45, 2.75) is 51.5 Å². The van der Waals surface area contributed by atoms with Crippen molar-refractivity contribution >= 4 is 39.1 Å². The van der Waals surface area contributed by atoms with Gasteiger partial charge in [0.05, 0.1) is 17.0 Å². The largest absolute Gasteiger partial charge is 0.349 e. The molecule has 1 aliphatic heterocycles. The van der Waals surface area contributed by atoms with E-state index in [1.54, 1.807) is 6.07 Å². The first kappa shape index (κ1) is 24.1. The van der Waals surface area contributed by atoms with Crippen molar-refractivity contribution in [3.8, 4) is 0 Å². The van der Waals surface area contributed by atoms with Gasteiger partial charge >= 0.3 is 0 Å². The third-order valence-corrected chi connectivity index (χ3v) is 8.56. The molecule has 2 aromatic rings. The van der Waals surface area contributed by atoms with Gasteiger partial charge in [-0.2, -0.15) is 4.31 Å². The van der Waals surface area contributed by atoms with Crippen LogP contribution in [0, 0.1) is 26.7 Å². The van der Waals surface area contributed by atoms with Crippen LogP contribution in [0.15, 0.2) is 35.2 Å². The van der Waals surface area contributed by atoms with Gasteiger partial charge in [0, 0.05) is 18.1 Å². The maximum absolute atomic E-state index is 13.1. The summed E-state index contributed by atoms with van der Waals surface area (Å²) in [5.41, 5.74) is 4.59. The number of piperidine rings is 1. The molecule has 1 saturated heterocycles. The fourth-order valence-electron chi connectivity index (χ4n) is 4.05. The predicted molar refractivity (Wildman–Crippen MR) is 125 cm³/mol. The van der Waals surface area contributed by atoms with Gasteiger partial charge in [-0.15, -0.1) is 0 Å². The normalized spacial score (nSPS) is 18.6. The minimum atomic E-state index is -3.84. The van der Waals surface area contributed by atoms with Gasteiger partial charge in [-0.3, -0.25) is 4.79 Å². The van der Waals surface area contributed by atoms with Crippen molar-refractivity contribution in [2.75, 3.05) is 13.1 Å². The Morgan fingerprint density at radius 3 is 2.48 bits per heavy atom. The maximum atomic E-state index is 13.1. The highest BCUT2D eigenvalue weighted by molar-refractivity contribution is 7.89. The van der Waals surface area contributed by atoms with Crippen molar-refractivity contribution in [3.63, 3.8) is 0 Å². The number of rotatable bonds is 5. The maximum Gasteiger partial charge on any atom is 0.244 e. The minimum Gasteiger partial charge on any atom is -0.349 e. The van der Waals surface area contributed by atoms with Crippen molar-refractivity contribution in [1.82, 2.24) is 9.62 Å². The van der Waals surface area contributed by atoms with Gasteiger partial charge in [-0.1, -0.05) is 35.3 Å². The molecule has 2 aromatic carbocycles. The van der Waals surface area contributed by atoms with Crippen molar-refractivity contribution < 1.29 is 13.2 Å². The van der Waals surface area contributed by atoms with Gasteiger partial charge in [-0.05, 0) is 81.0 Å². The lowest BCUT2D eigenvalue weighted by Crippen LogP contribution is -2.45. The van der Waals surface area contributed by atoms with Crippen LogP contribution in [0.2, 0.25) is 10.0 Å². The average molecular weight is 483 g/mol. The Hall–Kier alpha value is -1.60. The van der Waals surface area contributed by atoms with E-state index in [0.717, 1.165) is 11.1 Å². The van der Waals surface area contributed by atoms with E-state index in [4.69, 9.17) is 23.2 Å². The molecule has 0 unspecified atom stereocenters. The van der Waals surface area contributed by atoms with Crippen LogP contribution in [-0.2, 0) is 14.8 Å². The summed E-state index contributed by atoms with van der Waals surface area (Å²) in [6.45, 7) is 8.58. The first-order valence-corrected chi connectivity index (χ1v) is 12.5. The van der Waals surface area contributed by atoms with Crippen LogP contribution in [-0.4, -0.2) is 31.7 Å². The Labute approximate surface area is 194 Å². The Bertz CT molecular complexity index is 1100. The van der Waals surface area contributed by atoms with Crippen molar-refractivity contribution in [2.24, 2.45) is 5.92 Å². The molecule has 0 spiro atoms. The minimum absolute atomic E-state index is 0.0261. The van der Waals surface area contributed by atoms with E-state index in [2.05, 4.69) is 31.3 Å². The summed E-state index contributed by atoms with van der Waals surface area (Å²) < 4.78 is 27.6. The van der Waals surface area contributed by atoms with Gasteiger partial charge in [0.25, 0.3) is 0 Å². The van der Waals surface area contributed by atoms with E-state index in [9.17, 15) is 13.2 Å². The van der Waals surface area contributed by atoms with E-state index < -0.39 is 15.9 Å². The number of carbonyl (C=O) groups is 1. The Morgan fingerprint density at radius 2 is 1.77 bits per heavy atom. The summed E-state index contributed by atoms with van der Waals surface area (Å²) in [5.74, 6) is -0.557. The number of carbonyl (C=O) groups excluding carboxylic acids is 1. The molecule has 0 aromatic heterocycles. The van der Waals surface area contributed by atoms with E-state index >= 15 is 0 Å². The molecule has 3 rings (SSSR count). The molecule has 1 aliphatic rings. The Morgan fingerprint density at radius 1 is 1.10 bits per heavy atom. The lowest BCUT2D eigenvalue weighted by molar-refractivity contribution is -0.126.